The van der Waals surface area contributed by atoms with Gasteiger partial charge in [-0.3, -0.25) is 4.79 Å². The second-order valence-corrected chi connectivity index (χ2v) is 8.86. The second kappa shape index (κ2) is 11.0. The van der Waals surface area contributed by atoms with E-state index in [4.69, 9.17) is 0 Å². The number of nitrogens with one attached hydrogen (secondary N) is 1. The van der Waals surface area contributed by atoms with Crippen molar-refractivity contribution in [3.05, 3.63) is 89.8 Å². The van der Waals surface area contributed by atoms with Gasteiger partial charge in [-0.15, -0.1) is 0 Å². The van der Waals surface area contributed by atoms with E-state index in [-0.39, 0.29) is 5.82 Å². The number of carboxylic acids is 1. The second-order valence-electron chi connectivity index (χ2n) is 7.87. The number of allylic oxidation sites excluding steroid dienone is 1. The van der Waals surface area contributed by atoms with Crippen molar-refractivity contribution in [1.29, 1.82) is 0 Å². The van der Waals surface area contributed by atoms with Crippen molar-refractivity contribution < 1.29 is 19.1 Å². The van der Waals surface area contributed by atoms with Crippen molar-refractivity contribution in [2.45, 2.75) is 25.4 Å². The molecule has 0 spiro atoms. The number of carboxylic acid groups (broad SMARTS) is 1. The first-order chi connectivity index (χ1) is 15.8. The number of benzene rings is 2. The predicted octanol–water partition coefficient (Wildman–Crippen LogP) is 4.59. The normalized spacial score (nSPS) is 13.4. The third kappa shape index (κ3) is 6.55. The van der Waals surface area contributed by atoms with Crippen molar-refractivity contribution >= 4 is 35.3 Å². The summed E-state index contributed by atoms with van der Waals surface area (Å²) in [7, 11) is 0. The number of nitrogens with zero attached hydrogens (tertiary/aromatic N) is 2. The van der Waals surface area contributed by atoms with Crippen LogP contribution >= 0.6 is 11.8 Å². The zero-order chi connectivity index (χ0) is 23.8. The molecule has 0 aliphatic carbocycles. The minimum atomic E-state index is -1.35. The Bertz CT molecular complexity index is 1130. The van der Waals surface area contributed by atoms with Gasteiger partial charge < -0.3 is 15.0 Å². The highest BCUT2D eigenvalue weighted by Gasteiger charge is 2.34. The van der Waals surface area contributed by atoms with E-state index in [1.807, 2.05) is 29.2 Å². The van der Waals surface area contributed by atoms with Crippen molar-refractivity contribution in [3.8, 4) is 0 Å². The van der Waals surface area contributed by atoms with Gasteiger partial charge in [0.15, 0.2) is 0 Å². The zero-order valence-electron chi connectivity index (χ0n) is 18.5. The van der Waals surface area contributed by atoms with E-state index in [9.17, 15) is 19.1 Å². The van der Waals surface area contributed by atoms with Gasteiger partial charge in [0.2, 0.25) is 0 Å². The van der Waals surface area contributed by atoms with Crippen molar-refractivity contribution in [2.24, 2.45) is 0 Å². The van der Waals surface area contributed by atoms with Gasteiger partial charge >= 0.3 is 5.97 Å². The lowest BCUT2D eigenvalue weighted by molar-refractivity contribution is -0.143. The maximum absolute atomic E-state index is 13.4. The number of hydrogen-bond acceptors (Lipinski definition) is 4. The minimum absolute atomic E-state index is 0.314. The van der Waals surface area contributed by atoms with Crippen LogP contribution in [0.2, 0.25) is 0 Å². The molecule has 0 saturated heterocycles. The fourth-order valence-electron chi connectivity index (χ4n) is 3.28. The summed E-state index contributed by atoms with van der Waals surface area (Å²) in [6.45, 7) is 2.03. The number of thioether (sulfide) groups is 1. The van der Waals surface area contributed by atoms with Gasteiger partial charge in [0.25, 0.3) is 5.91 Å². The van der Waals surface area contributed by atoms with E-state index in [0.29, 0.717) is 24.3 Å². The molecule has 172 valence electrons. The van der Waals surface area contributed by atoms with E-state index < -0.39 is 17.4 Å². The Hall–Kier alpha value is -3.39. The van der Waals surface area contributed by atoms with Crippen molar-refractivity contribution in [1.82, 2.24) is 14.9 Å². The van der Waals surface area contributed by atoms with Crippen molar-refractivity contribution in [2.75, 3.05) is 12.0 Å². The predicted molar refractivity (Wildman–Crippen MR) is 129 cm³/mol. The number of aromatic nitrogens is 2. The molecule has 0 fully saturated rings. The molecule has 0 aliphatic heterocycles. The first-order valence-electron chi connectivity index (χ1n) is 10.4. The average Bonchev–Trinajstić information content (AvgIpc) is 3.31. The summed E-state index contributed by atoms with van der Waals surface area (Å²) in [5.74, 6) is -1.22. The fourth-order valence-corrected chi connectivity index (χ4v) is 3.90. The molecule has 2 aromatic carbocycles. The Morgan fingerprint density at radius 3 is 2.61 bits per heavy atom. The average molecular weight is 468 g/mol. The van der Waals surface area contributed by atoms with Gasteiger partial charge in [0.1, 0.15) is 11.4 Å². The van der Waals surface area contributed by atoms with Crippen LogP contribution < -0.4 is 5.32 Å². The summed E-state index contributed by atoms with van der Waals surface area (Å²) >= 11 is 1.53. The first-order valence-corrected chi connectivity index (χ1v) is 11.8. The van der Waals surface area contributed by atoms with E-state index in [1.165, 1.54) is 30.8 Å². The zero-order valence-corrected chi connectivity index (χ0v) is 19.3. The Kier molecular flexibility index (Phi) is 8.06. The van der Waals surface area contributed by atoms with E-state index in [1.54, 1.807) is 42.9 Å². The van der Waals surface area contributed by atoms with Crippen molar-refractivity contribution in [3.63, 3.8) is 0 Å². The number of halogens is 1. The van der Waals surface area contributed by atoms with Gasteiger partial charge in [0.05, 0.1) is 6.33 Å². The molecule has 33 heavy (non-hydrogen) atoms. The Morgan fingerprint density at radius 2 is 1.97 bits per heavy atom. The molecular formula is C25H26FN3O3S. The highest BCUT2D eigenvalue weighted by Crippen LogP contribution is 2.22. The fraction of sp³-hybridized carbons (Fsp3) is 0.240. The van der Waals surface area contributed by atoms with Gasteiger partial charge in [0, 0.05) is 24.5 Å². The topological polar surface area (TPSA) is 84.2 Å². The van der Waals surface area contributed by atoms with Gasteiger partial charge in [-0.25, -0.2) is 14.2 Å². The summed E-state index contributed by atoms with van der Waals surface area (Å²) in [4.78, 5) is 28.7. The molecule has 0 radical (unpaired) electrons. The first kappa shape index (κ1) is 24.3. The Labute approximate surface area is 196 Å². The third-order valence-electron chi connectivity index (χ3n) is 5.28. The molecule has 1 heterocycles. The third-order valence-corrected chi connectivity index (χ3v) is 5.90. The maximum Gasteiger partial charge on any atom is 0.329 e. The Balaban J connectivity index is 1.89. The number of hydrogen-bond donors (Lipinski definition) is 2. The van der Waals surface area contributed by atoms with Gasteiger partial charge in [-0.05, 0) is 72.4 Å². The molecule has 0 saturated carbocycles. The van der Waals surface area contributed by atoms with Crippen LogP contribution in [0.15, 0.2) is 67.3 Å². The quantitative estimate of drug-likeness (QED) is 0.426. The SMILES string of the molecule is CSCC[C@](C)(NC(=O)c1cccc(C=C(Cn2ccnc2)c2ccc(F)cc2)c1)C(=O)O. The minimum Gasteiger partial charge on any atom is -0.480 e. The lowest BCUT2D eigenvalue weighted by Gasteiger charge is -2.26. The van der Waals surface area contributed by atoms with E-state index in [2.05, 4.69) is 10.3 Å². The van der Waals surface area contributed by atoms with Crippen LogP contribution in [0.1, 0.15) is 34.8 Å². The molecule has 1 atom stereocenters. The molecular weight excluding hydrogens is 441 g/mol. The van der Waals surface area contributed by atoms with Crippen LogP contribution in [0.4, 0.5) is 4.39 Å². The molecule has 3 aromatic rings. The van der Waals surface area contributed by atoms with Crippen LogP contribution in [0.25, 0.3) is 11.6 Å². The molecule has 3 rings (SSSR count). The number of carbonyl (C=O) groups excluding carboxylic acids is 1. The number of aliphatic carboxylic acids is 1. The molecule has 0 unspecified atom stereocenters. The molecule has 0 bridgehead atoms. The summed E-state index contributed by atoms with van der Waals surface area (Å²) < 4.78 is 15.3. The van der Waals surface area contributed by atoms with Crippen LogP contribution in [0, 0.1) is 5.82 Å². The van der Waals surface area contributed by atoms with Crippen LogP contribution in [0.3, 0.4) is 0 Å². The molecule has 8 heteroatoms. The molecule has 2 N–H and O–H groups in total. The monoisotopic (exact) mass is 467 g/mol. The smallest absolute Gasteiger partial charge is 0.329 e. The number of carbonyl (C=O) groups is 2. The Morgan fingerprint density at radius 1 is 1.21 bits per heavy atom. The largest absolute Gasteiger partial charge is 0.480 e. The highest BCUT2D eigenvalue weighted by molar-refractivity contribution is 7.98. The van der Waals surface area contributed by atoms with Gasteiger partial charge in [-0.1, -0.05) is 24.3 Å². The summed E-state index contributed by atoms with van der Waals surface area (Å²) in [5, 5.41) is 12.3. The lowest BCUT2D eigenvalue weighted by atomic mass is 9.97. The molecule has 1 aromatic heterocycles. The number of imidazole rings is 1. The summed E-state index contributed by atoms with van der Waals surface area (Å²) in [5.41, 5.74) is 1.52. The van der Waals surface area contributed by atoms with Crippen LogP contribution in [-0.2, 0) is 11.3 Å². The standard InChI is InChI=1S/C25H26FN3O3S/c1-25(24(31)32,10-13-33-2)28-23(30)20-5-3-4-18(14-20)15-21(16-29-12-11-27-17-29)19-6-8-22(26)9-7-19/h3-9,11-12,14-15,17H,10,13,16H2,1-2H3,(H,28,30)(H,31,32)/t25-/m0/s1. The summed E-state index contributed by atoms with van der Waals surface area (Å²) in [6.07, 6.45) is 9.35. The molecule has 0 aliphatic rings. The van der Waals surface area contributed by atoms with E-state index >= 15 is 0 Å². The van der Waals surface area contributed by atoms with Crippen LogP contribution in [0.5, 0.6) is 0 Å². The summed E-state index contributed by atoms with van der Waals surface area (Å²) in [6, 6.07) is 13.2. The maximum atomic E-state index is 13.4. The number of rotatable bonds is 10. The van der Waals surface area contributed by atoms with Gasteiger partial charge in [-0.2, -0.15) is 11.8 Å². The van der Waals surface area contributed by atoms with Crippen LogP contribution in [-0.4, -0.2) is 44.1 Å². The highest BCUT2D eigenvalue weighted by atomic mass is 32.2. The lowest BCUT2D eigenvalue weighted by Crippen LogP contribution is -2.52. The number of amides is 1. The van der Waals surface area contributed by atoms with E-state index in [0.717, 1.165) is 16.7 Å². The molecule has 6 nitrogen and oxygen atoms in total. The molecule has 1 amide bonds.